The van der Waals surface area contributed by atoms with Crippen LogP contribution in [0, 0.1) is 0 Å². The number of carboxylic acid groups (broad SMARTS) is 2. The summed E-state index contributed by atoms with van der Waals surface area (Å²) in [6.07, 6.45) is 1.34. The summed E-state index contributed by atoms with van der Waals surface area (Å²) < 4.78 is 0. The summed E-state index contributed by atoms with van der Waals surface area (Å²) in [5, 5.41) is 32.1. The fraction of sp³-hybridized carbons (Fsp3) is 0.722. The van der Waals surface area contributed by atoms with Crippen molar-refractivity contribution in [2.24, 2.45) is 11.5 Å². The fourth-order valence-electron chi connectivity index (χ4n) is 3.28. The van der Waals surface area contributed by atoms with Gasteiger partial charge in [-0.05, 0) is 38.6 Å². The maximum absolute atomic E-state index is 12.6. The van der Waals surface area contributed by atoms with E-state index in [2.05, 4.69) is 10.6 Å². The normalized spacial score (nSPS) is 18.7. The summed E-state index contributed by atoms with van der Waals surface area (Å²) in [5.74, 6) is -4.81. The molecular formula is C18H31N5O8. The molecule has 13 nitrogen and oxygen atoms in total. The van der Waals surface area contributed by atoms with Gasteiger partial charge < -0.3 is 42.3 Å². The lowest BCUT2D eigenvalue weighted by molar-refractivity contribution is -0.144. The molecule has 31 heavy (non-hydrogen) atoms. The second-order valence-electron chi connectivity index (χ2n) is 7.32. The molecule has 3 amide bonds. The minimum absolute atomic E-state index is 0.136. The molecule has 1 heterocycles. The molecule has 4 atom stereocenters. The van der Waals surface area contributed by atoms with Crippen LogP contribution < -0.4 is 22.1 Å². The minimum atomic E-state index is -1.42. The Labute approximate surface area is 179 Å². The fourth-order valence-corrected chi connectivity index (χ4v) is 3.28. The number of aliphatic hydroxyl groups is 1. The van der Waals surface area contributed by atoms with Gasteiger partial charge in [0.1, 0.15) is 18.1 Å². The van der Waals surface area contributed by atoms with E-state index in [0.29, 0.717) is 25.8 Å². The van der Waals surface area contributed by atoms with Crippen LogP contribution in [-0.2, 0) is 24.0 Å². The molecule has 1 fully saturated rings. The molecule has 0 saturated carbocycles. The lowest BCUT2D eigenvalue weighted by Crippen LogP contribution is -2.57. The van der Waals surface area contributed by atoms with Crippen molar-refractivity contribution in [2.45, 2.75) is 62.7 Å². The van der Waals surface area contributed by atoms with Gasteiger partial charge in [-0.2, -0.15) is 0 Å². The second-order valence-corrected chi connectivity index (χ2v) is 7.32. The topological polar surface area (TPSA) is 225 Å². The predicted molar refractivity (Wildman–Crippen MR) is 106 cm³/mol. The number of aliphatic carboxylic acids is 2. The summed E-state index contributed by atoms with van der Waals surface area (Å²) >= 11 is 0. The van der Waals surface area contributed by atoms with Crippen molar-refractivity contribution in [1.29, 1.82) is 0 Å². The zero-order chi connectivity index (χ0) is 23.6. The Bertz CT molecular complexity index is 673. The standard InChI is InChI=1S/C18H31N5O8/c19-6-2-1-4-11(18(30)31)21-15(27)12(9-24)22-16(28)13-5-3-7-23(13)17(29)10(20)8-14(25)26/h10-13,24H,1-9,19-20H2,(H,21,27)(H,22,28)(H,25,26)(H,30,31). The largest absolute Gasteiger partial charge is 0.481 e. The van der Waals surface area contributed by atoms with E-state index in [9.17, 15) is 34.2 Å². The van der Waals surface area contributed by atoms with Gasteiger partial charge in [0.15, 0.2) is 0 Å². The van der Waals surface area contributed by atoms with E-state index in [0.717, 1.165) is 4.90 Å². The Balaban J connectivity index is 2.75. The number of rotatable bonds is 13. The maximum Gasteiger partial charge on any atom is 0.326 e. The molecule has 1 saturated heterocycles. The zero-order valence-electron chi connectivity index (χ0n) is 17.2. The number of unbranched alkanes of at least 4 members (excludes halogenated alkanes) is 1. The second kappa shape index (κ2) is 12.8. The van der Waals surface area contributed by atoms with Crippen LogP contribution in [-0.4, -0.2) is 93.7 Å². The average Bonchev–Trinajstić information content (AvgIpc) is 3.19. The van der Waals surface area contributed by atoms with E-state index < -0.39 is 66.9 Å². The van der Waals surface area contributed by atoms with Crippen LogP contribution in [0.25, 0.3) is 0 Å². The van der Waals surface area contributed by atoms with Crippen LogP contribution in [0.5, 0.6) is 0 Å². The van der Waals surface area contributed by atoms with Crippen molar-refractivity contribution in [3.8, 4) is 0 Å². The van der Waals surface area contributed by atoms with Crippen LogP contribution in [0.15, 0.2) is 0 Å². The molecule has 9 N–H and O–H groups in total. The quantitative estimate of drug-likeness (QED) is 0.142. The molecule has 176 valence electrons. The number of nitrogens with one attached hydrogen (secondary N) is 2. The number of aliphatic hydroxyl groups excluding tert-OH is 1. The Kier molecular flexibility index (Phi) is 10.9. The first kappa shape index (κ1) is 26.3. The highest BCUT2D eigenvalue weighted by Gasteiger charge is 2.38. The van der Waals surface area contributed by atoms with Crippen LogP contribution in [0.2, 0.25) is 0 Å². The van der Waals surface area contributed by atoms with E-state index in [1.165, 1.54) is 0 Å². The summed E-state index contributed by atoms with van der Waals surface area (Å²) in [5.41, 5.74) is 11.0. The lowest BCUT2D eigenvalue weighted by atomic mass is 10.1. The average molecular weight is 445 g/mol. The first-order valence-electron chi connectivity index (χ1n) is 10.0. The Morgan fingerprint density at radius 2 is 1.74 bits per heavy atom. The van der Waals surface area contributed by atoms with Crippen LogP contribution >= 0.6 is 0 Å². The first-order chi connectivity index (χ1) is 14.6. The van der Waals surface area contributed by atoms with Gasteiger partial charge in [0.2, 0.25) is 17.7 Å². The van der Waals surface area contributed by atoms with Gasteiger partial charge in [-0.1, -0.05) is 0 Å². The molecule has 0 bridgehead atoms. The highest BCUT2D eigenvalue weighted by molar-refractivity contribution is 5.95. The summed E-state index contributed by atoms with van der Waals surface area (Å²) in [4.78, 5) is 60.7. The molecule has 0 radical (unpaired) electrons. The van der Waals surface area contributed by atoms with Crippen molar-refractivity contribution in [3.05, 3.63) is 0 Å². The third kappa shape index (κ3) is 8.11. The Hall–Kier alpha value is -2.77. The third-order valence-corrected chi connectivity index (χ3v) is 4.93. The number of carbonyl (C=O) groups is 5. The van der Waals surface area contributed by atoms with Crippen LogP contribution in [0.4, 0.5) is 0 Å². The highest BCUT2D eigenvalue weighted by atomic mass is 16.4. The zero-order valence-corrected chi connectivity index (χ0v) is 17.2. The number of carbonyl (C=O) groups excluding carboxylic acids is 3. The van der Waals surface area contributed by atoms with Crippen molar-refractivity contribution < 1.29 is 39.3 Å². The van der Waals surface area contributed by atoms with Gasteiger partial charge in [0, 0.05) is 6.54 Å². The van der Waals surface area contributed by atoms with Gasteiger partial charge in [-0.3, -0.25) is 19.2 Å². The van der Waals surface area contributed by atoms with E-state index in [1.807, 2.05) is 0 Å². The number of likely N-dealkylation sites (tertiary alicyclic amines) is 1. The van der Waals surface area contributed by atoms with E-state index in [-0.39, 0.29) is 19.4 Å². The molecule has 1 rings (SSSR count). The first-order valence-corrected chi connectivity index (χ1v) is 10.0. The van der Waals surface area contributed by atoms with Crippen molar-refractivity contribution >= 4 is 29.7 Å². The van der Waals surface area contributed by atoms with Crippen LogP contribution in [0.1, 0.15) is 38.5 Å². The predicted octanol–water partition coefficient (Wildman–Crippen LogP) is -3.05. The molecule has 13 heteroatoms. The maximum atomic E-state index is 12.6. The van der Waals surface area contributed by atoms with Crippen molar-refractivity contribution in [1.82, 2.24) is 15.5 Å². The molecule has 0 aromatic carbocycles. The van der Waals surface area contributed by atoms with E-state index in [4.69, 9.17) is 16.6 Å². The third-order valence-electron chi connectivity index (χ3n) is 4.93. The Morgan fingerprint density at radius 1 is 1.06 bits per heavy atom. The SMILES string of the molecule is NCCCCC(NC(=O)C(CO)NC(=O)C1CCCN1C(=O)C(N)CC(=O)O)C(=O)O. The number of nitrogens with zero attached hydrogens (tertiary/aromatic N) is 1. The summed E-state index contributed by atoms with van der Waals surface area (Å²) in [7, 11) is 0. The number of amides is 3. The van der Waals surface area contributed by atoms with Crippen molar-refractivity contribution in [3.63, 3.8) is 0 Å². The minimum Gasteiger partial charge on any atom is -0.481 e. The van der Waals surface area contributed by atoms with Gasteiger partial charge in [-0.15, -0.1) is 0 Å². The van der Waals surface area contributed by atoms with Crippen LogP contribution in [0.3, 0.4) is 0 Å². The molecule has 1 aliphatic rings. The number of carboxylic acids is 2. The van der Waals surface area contributed by atoms with Gasteiger partial charge in [0.25, 0.3) is 0 Å². The molecule has 0 spiro atoms. The summed E-state index contributed by atoms with van der Waals surface area (Å²) in [6.45, 7) is -0.212. The van der Waals surface area contributed by atoms with Gasteiger partial charge in [0.05, 0.1) is 19.1 Å². The molecule has 0 aromatic rings. The van der Waals surface area contributed by atoms with Crippen molar-refractivity contribution in [2.75, 3.05) is 19.7 Å². The molecule has 4 unspecified atom stereocenters. The molecular weight excluding hydrogens is 414 g/mol. The molecule has 0 aromatic heterocycles. The highest BCUT2D eigenvalue weighted by Crippen LogP contribution is 2.19. The molecule has 1 aliphatic heterocycles. The van der Waals surface area contributed by atoms with Gasteiger partial charge in [-0.25, -0.2) is 4.79 Å². The van der Waals surface area contributed by atoms with E-state index >= 15 is 0 Å². The lowest BCUT2D eigenvalue weighted by Gasteiger charge is -2.28. The summed E-state index contributed by atoms with van der Waals surface area (Å²) in [6, 6.07) is -4.92. The molecule has 0 aliphatic carbocycles. The Morgan fingerprint density at radius 3 is 2.29 bits per heavy atom. The monoisotopic (exact) mass is 445 g/mol. The number of hydrogen-bond acceptors (Lipinski definition) is 8. The smallest absolute Gasteiger partial charge is 0.326 e. The number of hydrogen-bond donors (Lipinski definition) is 7. The number of nitrogens with two attached hydrogens (primary N) is 2. The van der Waals surface area contributed by atoms with Gasteiger partial charge >= 0.3 is 11.9 Å². The van der Waals surface area contributed by atoms with E-state index in [1.54, 1.807) is 0 Å².